The Hall–Kier alpha value is -0.350. The van der Waals surface area contributed by atoms with E-state index in [-0.39, 0.29) is 0 Å². The Kier molecular flexibility index (Phi) is 4.03. The molecule has 1 unspecified atom stereocenters. The number of hydrogen-bond donors (Lipinski definition) is 0. The molecule has 1 aliphatic rings. The molecule has 1 aromatic rings. The van der Waals surface area contributed by atoms with Gasteiger partial charge in [0.05, 0.1) is 13.2 Å². The van der Waals surface area contributed by atoms with E-state index in [2.05, 4.69) is 16.8 Å². The summed E-state index contributed by atoms with van der Waals surface area (Å²) in [6, 6.07) is 4.12. The fraction of sp³-hybridized carbons (Fsp3) is 0.545. The summed E-state index contributed by atoms with van der Waals surface area (Å²) in [4.78, 5) is 6.37. The summed E-state index contributed by atoms with van der Waals surface area (Å²) in [6.45, 7) is 5.44. The van der Waals surface area contributed by atoms with Crippen molar-refractivity contribution in [3.8, 4) is 0 Å². The Morgan fingerprint density at radius 2 is 2.31 bits per heavy atom. The molecule has 0 spiro atoms. The predicted molar refractivity (Wildman–Crippen MR) is 64.9 cm³/mol. The highest BCUT2D eigenvalue weighted by molar-refractivity contribution is 6.32. The van der Waals surface area contributed by atoms with Gasteiger partial charge in [0.1, 0.15) is 10.3 Å². The van der Waals surface area contributed by atoms with Crippen molar-refractivity contribution < 1.29 is 4.74 Å². The number of rotatable bonds is 2. The summed E-state index contributed by atoms with van der Waals surface area (Å²) >= 11 is 11.8. The van der Waals surface area contributed by atoms with E-state index in [9.17, 15) is 0 Å². The Balaban J connectivity index is 2.07. The first-order chi connectivity index (χ1) is 7.66. The van der Waals surface area contributed by atoms with Crippen molar-refractivity contribution in [1.82, 2.24) is 9.88 Å². The van der Waals surface area contributed by atoms with E-state index < -0.39 is 0 Å². The molecule has 1 aliphatic heterocycles. The summed E-state index contributed by atoms with van der Waals surface area (Å²) < 4.78 is 5.39. The average Bonchev–Trinajstić information content (AvgIpc) is 2.25. The highest BCUT2D eigenvalue weighted by Gasteiger charge is 2.19. The first-order valence-electron chi connectivity index (χ1n) is 5.29. The predicted octanol–water partition coefficient (Wildman–Crippen LogP) is 2.61. The standard InChI is InChI=1S/C11H14Cl2N2O/c1-8-7-16-5-4-15(8)6-9-2-3-10(12)14-11(9)13/h2-3,8H,4-7H2,1H3. The van der Waals surface area contributed by atoms with Crippen LogP contribution in [0.5, 0.6) is 0 Å². The van der Waals surface area contributed by atoms with E-state index in [1.807, 2.05) is 6.07 Å². The first kappa shape index (κ1) is 12.1. The molecule has 0 radical (unpaired) electrons. The zero-order valence-corrected chi connectivity index (χ0v) is 10.6. The Morgan fingerprint density at radius 1 is 1.50 bits per heavy atom. The molecule has 0 aliphatic carbocycles. The first-order valence-corrected chi connectivity index (χ1v) is 6.05. The summed E-state index contributed by atoms with van der Waals surface area (Å²) in [5.74, 6) is 0. The van der Waals surface area contributed by atoms with Gasteiger partial charge in [-0.25, -0.2) is 4.98 Å². The second-order valence-corrected chi connectivity index (χ2v) is 4.72. The zero-order valence-electron chi connectivity index (χ0n) is 9.12. The maximum absolute atomic E-state index is 6.04. The van der Waals surface area contributed by atoms with Crippen molar-refractivity contribution in [2.75, 3.05) is 19.8 Å². The minimum Gasteiger partial charge on any atom is -0.379 e. The number of halogens is 2. The Bertz CT molecular complexity index is 373. The van der Waals surface area contributed by atoms with Gasteiger partial charge in [0.15, 0.2) is 0 Å². The molecule has 16 heavy (non-hydrogen) atoms. The molecule has 5 heteroatoms. The van der Waals surface area contributed by atoms with Crippen LogP contribution in [0.3, 0.4) is 0 Å². The number of ether oxygens (including phenoxy) is 1. The molecular formula is C11H14Cl2N2O. The average molecular weight is 261 g/mol. The van der Waals surface area contributed by atoms with Gasteiger partial charge >= 0.3 is 0 Å². The van der Waals surface area contributed by atoms with Crippen LogP contribution in [-0.2, 0) is 11.3 Å². The molecule has 0 saturated carbocycles. The summed E-state index contributed by atoms with van der Waals surface area (Å²) in [6.07, 6.45) is 0. The third kappa shape index (κ3) is 2.86. The van der Waals surface area contributed by atoms with Crippen molar-refractivity contribution in [3.05, 3.63) is 28.0 Å². The van der Waals surface area contributed by atoms with Gasteiger partial charge in [-0.15, -0.1) is 0 Å². The molecule has 1 atom stereocenters. The summed E-state index contributed by atoms with van der Waals surface area (Å²) in [5, 5.41) is 0.926. The van der Waals surface area contributed by atoms with Crippen LogP contribution in [0.2, 0.25) is 10.3 Å². The summed E-state index contributed by atoms with van der Waals surface area (Å²) in [5.41, 5.74) is 1.01. The van der Waals surface area contributed by atoms with Gasteiger partial charge in [0.25, 0.3) is 0 Å². The lowest BCUT2D eigenvalue weighted by Crippen LogP contribution is -2.42. The molecule has 1 fully saturated rings. The normalized spacial score (nSPS) is 22.3. The molecule has 88 valence electrons. The minimum absolute atomic E-state index is 0.417. The monoisotopic (exact) mass is 260 g/mol. The van der Waals surface area contributed by atoms with Crippen LogP contribution < -0.4 is 0 Å². The van der Waals surface area contributed by atoms with Gasteiger partial charge in [-0.3, -0.25) is 4.90 Å². The van der Waals surface area contributed by atoms with Crippen LogP contribution >= 0.6 is 23.2 Å². The largest absolute Gasteiger partial charge is 0.379 e. The highest BCUT2D eigenvalue weighted by Crippen LogP contribution is 2.20. The molecule has 1 aromatic heterocycles. The zero-order chi connectivity index (χ0) is 11.5. The SMILES string of the molecule is CC1COCCN1Cc1ccc(Cl)nc1Cl. The molecule has 2 heterocycles. The Morgan fingerprint density at radius 3 is 3.00 bits per heavy atom. The van der Waals surface area contributed by atoms with E-state index in [1.165, 1.54) is 0 Å². The lowest BCUT2D eigenvalue weighted by molar-refractivity contribution is -0.00439. The van der Waals surface area contributed by atoms with Crippen LogP contribution in [0.4, 0.5) is 0 Å². The van der Waals surface area contributed by atoms with Gasteiger partial charge < -0.3 is 4.74 Å². The van der Waals surface area contributed by atoms with Crippen molar-refractivity contribution in [2.45, 2.75) is 19.5 Å². The smallest absolute Gasteiger partial charge is 0.135 e. The van der Waals surface area contributed by atoms with Gasteiger partial charge in [0.2, 0.25) is 0 Å². The van der Waals surface area contributed by atoms with Crippen LogP contribution in [0, 0.1) is 0 Å². The lowest BCUT2D eigenvalue weighted by atomic mass is 10.2. The topological polar surface area (TPSA) is 25.4 Å². The Labute approximate surface area is 105 Å². The number of hydrogen-bond acceptors (Lipinski definition) is 3. The fourth-order valence-electron chi connectivity index (χ4n) is 1.77. The second-order valence-electron chi connectivity index (χ2n) is 3.98. The van der Waals surface area contributed by atoms with E-state index in [0.717, 1.165) is 31.9 Å². The van der Waals surface area contributed by atoms with Crippen molar-refractivity contribution in [1.29, 1.82) is 0 Å². The van der Waals surface area contributed by atoms with Crippen molar-refractivity contribution in [2.24, 2.45) is 0 Å². The number of nitrogens with zero attached hydrogens (tertiary/aromatic N) is 2. The summed E-state index contributed by atoms with van der Waals surface area (Å²) in [7, 11) is 0. The van der Waals surface area contributed by atoms with Gasteiger partial charge in [-0.2, -0.15) is 0 Å². The molecule has 1 saturated heterocycles. The van der Waals surface area contributed by atoms with E-state index in [1.54, 1.807) is 6.07 Å². The van der Waals surface area contributed by atoms with Gasteiger partial charge in [-0.1, -0.05) is 29.3 Å². The lowest BCUT2D eigenvalue weighted by Gasteiger charge is -2.33. The van der Waals surface area contributed by atoms with Crippen LogP contribution in [-0.4, -0.2) is 35.7 Å². The molecule has 0 amide bonds. The van der Waals surface area contributed by atoms with E-state index in [0.29, 0.717) is 16.3 Å². The maximum Gasteiger partial charge on any atom is 0.135 e. The molecule has 0 bridgehead atoms. The van der Waals surface area contributed by atoms with Gasteiger partial charge in [0, 0.05) is 24.7 Å². The molecule has 0 aromatic carbocycles. The third-order valence-electron chi connectivity index (χ3n) is 2.77. The third-order valence-corrected chi connectivity index (χ3v) is 3.31. The number of pyridine rings is 1. The molecule has 3 nitrogen and oxygen atoms in total. The van der Waals surface area contributed by atoms with E-state index in [4.69, 9.17) is 27.9 Å². The van der Waals surface area contributed by atoms with Gasteiger partial charge in [-0.05, 0) is 13.0 Å². The van der Waals surface area contributed by atoms with Crippen LogP contribution in [0.25, 0.3) is 0 Å². The van der Waals surface area contributed by atoms with Crippen molar-refractivity contribution in [3.63, 3.8) is 0 Å². The minimum atomic E-state index is 0.417. The molecule has 2 rings (SSSR count). The highest BCUT2D eigenvalue weighted by atomic mass is 35.5. The van der Waals surface area contributed by atoms with Crippen molar-refractivity contribution >= 4 is 23.2 Å². The quantitative estimate of drug-likeness (QED) is 0.765. The number of morpholine rings is 1. The number of aromatic nitrogens is 1. The second kappa shape index (κ2) is 5.32. The molecule has 0 N–H and O–H groups in total. The van der Waals surface area contributed by atoms with Crippen LogP contribution in [0.15, 0.2) is 12.1 Å². The van der Waals surface area contributed by atoms with Crippen LogP contribution in [0.1, 0.15) is 12.5 Å². The van der Waals surface area contributed by atoms with E-state index >= 15 is 0 Å². The molecular weight excluding hydrogens is 247 g/mol. The fourth-order valence-corrected chi connectivity index (χ4v) is 2.18. The maximum atomic E-state index is 6.04.